The lowest BCUT2D eigenvalue weighted by atomic mass is 9.96. The summed E-state index contributed by atoms with van der Waals surface area (Å²) in [6, 6.07) is 57.9. The van der Waals surface area contributed by atoms with Crippen LogP contribution in [0.15, 0.2) is 176 Å². The smallest absolute Gasteiger partial charge is 0.160 e. The average molecular weight is 640 g/mol. The van der Waals surface area contributed by atoms with Crippen LogP contribution in [0.2, 0.25) is 0 Å². The third-order valence-electron chi connectivity index (χ3n) is 8.93. The van der Waals surface area contributed by atoms with Gasteiger partial charge in [-0.2, -0.15) is 0 Å². The van der Waals surface area contributed by atoms with Gasteiger partial charge in [0.05, 0.1) is 39.5 Å². The van der Waals surface area contributed by atoms with Crippen LogP contribution in [-0.4, -0.2) is 24.9 Å². The standard InChI is InChI=1S/C45H29N5/c1-4-13-30(14-5-1)37-28-40(48-44-36(37)24-22-33-23-25-38(47-43(33)44)31-15-6-2-7-16-31)34-19-12-20-35(27-34)45-49-41(32-17-8-3-9-18-32)29-42(50-45)39-21-10-11-26-46-39/h1-29H. The van der Waals surface area contributed by atoms with Crippen LogP contribution in [0.5, 0.6) is 0 Å². The first-order valence-corrected chi connectivity index (χ1v) is 16.6. The van der Waals surface area contributed by atoms with Gasteiger partial charge < -0.3 is 0 Å². The van der Waals surface area contributed by atoms with E-state index in [-0.39, 0.29) is 0 Å². The van der Waals surface area contributed by atoms with E-state index in [9.17, 15) is 0 Å². The van der Waals surface area contributed by atoms with Gasteiger partial charge in [0.1, 0.15) is 0 Å². The molecule has 0 aliphatic heterocycles. The highest BCUT2D eigenvalue weighted by Gasteiger charge is 2.16. The molecule has 0 fully saturated rings. The number of hydrogen-bond acceptors (Lipinski definition) is 5. The molecule has 4 aromatic heterocycles. The summed E-state index contributed by atoms with van der Waals surface area (Å²) < 4.78 is 0. The number of hydrogen-bond donors (Lipinski definition) is 0. The van der Waals surface area contributed by atoms with Crippen molar-refractivity contribution in [2.75, 3.05) is 0 Å². The quantitative estimate of drug-likeness (QED) is 0.169. The first kappa shape index (κ1) is 29.3. The molecule has 5 heteroatoms. The van der Waals surface area contributed by atoms with Gasteiger partial charge in [-0.3, -0.25) is 4.98 Å². The van der Waals surface area contributed by atoms with Crippen molar-refractivity contribution in [1.82, 2.24) is 24.9 Å². The second-order valence-corrected chi connectivity index (χ2v) is 12.1. The molecule has 0 aliphatic rings. The predicted octanol–water partition coefficient (Wildman–Crippen LogP) is 11.0. The SMILES string of the molecule is c1ccc(-c2cc(-c3ccccn3)nc(-c3cccc(-c4cc(-c5ccccc5)c5ccc6ccc(-c7ccccc7)nc6c5n4)c3)n2)cc1. The molecule has 0 saturated carbocycles. The normalized spacial score (nSPS) is 11.2. The molecule has 5 aromatic carbocycles. The van der Waals surface area contributed by atoms with Gasteiger partial charge in [-0.05, 0) is 47.5 Å². The molecule has 0 radical (unpaired) electrons. The van der Waals surface area contributed by atoms with Crippen LogP contribution in [0.25, 0.3) is 89.5 Å². The molecule has 9 rings (SSSR count). The molecule has 0 N–H and O–H groups in total. The second kappa shape index (κ2) is 12.6. The van der Waals surface area contributed by atoms with Gasteiger partial charge in [-0.1, -0.05) is 133 Å². The highest BCUT2D eigenvalue weighted by Crippen LogP contribution is 2.37. The lowest BCUT2D eigenvalue weighted by Gasteiger charge is -2.14. The summed E-state index contributed by atoms with van der Waals surface area (Å²) >= 11 is 0. The molecule has 9 aromatic rings. The zero-order chi connectivity index (χ0) is 33.3. The van der Waals surface area contributed by atoms with E-state index in [1.165, 1.54) is 0 Å². The summed E-state index contributed by atoms with van der Waals surface area (Å²) in [4.78, 5) is 25.2. The molecule has 5 nitrogen and oxygen atoms in total. The zero-order valence-corrected chi connectivity index (χ0v) is 27.0. The van der Waals surface area contributed by atoms with E-state index in [1.807, 2.05) is 72.8 Å². The van der Waals surface area contributed by atoms with Gasteiger partial charge in [0.25, 0.3) is 0 Å². The van der Waals surface area contributed by atoms with Crippen LogP contribution in [0.1, 0.15) is 0 Å². The van der Waals surface area contributed by atoms with E-state index >= 15 is 0 Å². The fourth-order valence-corrected chi connectivity index (χ4v) is 6.44. The summed E-state index contributed by atoms with van der Waals surface area (Å²) in [5.74, 6) is 0.623. The molecule has 234 valence electrons. The van der Waals surface area contributed by atoms with Crippen LogP contribution >= 0.6 is 0 Å². The van der Waals surface area contributed by atoms with Crippen molar-refractivity contribution in [2.24, 2.45) is 0 Å². The maximum Gasteiger partial charge on any atom is 0.160 e. The fraction of sp³-hybridized carbons (Fsp3) is 0. The Hall–Kier alpha value is -6.85. The number of nitrogens with zero attached hydrogens (tertiary/aromatic N) is 5. The van der Waals surface area contributed by atoms with Gasteiger partial charge in [0.2, 0.25) is 0 Å². The van der Waals surface area contributed by atoms with Gasteiger partial charge in [0, 0.05) is 39.2 Å². The van der Waals surface area contributed by atoms with Crippen LogP contribution in [0.3, 0.4) is 0 Å². The van der Waals surface area contributed by atoms with E-state index in [4.69, 9.17) is 19.9 Å². The van der Waals surface area contributed by atoms with Gasteiger partial charge in [-0.25, -0.2) is 19.9 Å². The topological polar surface area (TPSA) is 64.5 Å². The monoisotopic (exact) mass is 639 g/mol. The Kier molecular flexibility index (Phi) is 7.41. The summed E-state index contributed by atoms with van der Waals surface area (Å²) in [6.07, 6.45) is 1.79. The molecule has 4 heterocycles. The molecule has 0 unspecified atom stereocenters. The summed E-state index contributed by atoms with van der Waals surface area (Å²) in [5, 5.41) is 2.10. The molecular formula is C45H29N5. The van der Waals surface area contributed by atoms with Gasteiger partial charge in [-0.15, -0.1) is 0 Å². The average Bonchev–Trinajstić information content (AvgIpc) is 3.21. The minimum atomic E-state index is 0.623. The van der Waals surface area contributed by atoms with Crippen molar-refractivity contribution in [2.45, 2.75) is 0 Å². The first-order valence-electron chi connectivity index (χ1n) is 16.6. The Morgan fingerprint density at radius 1 is 0.320 bits per heavy atom. The summed E-state index contributed by atoms with van der Waals surface area (Å²) in [7, 11) is 0. The molecule has 0 bridgehead atoms. The van der Waals surface area contributed by atoms with E-state index in [0.29, 0.717) is 5.82 Å². The lowest BCUT2D eigenvalue weighted by Crippen LogP contribution is -1.97. The van der Waals surface area contributed by atoms with E-state index in [2.05, 4.69) is 102 Å². The number of rotatable bonds is 6. The maximum atomic E-state index is 5.35. The van der Waals surface area contributed by atoms with Crippen LogP contribution in [0.4, 0.5) is 0 Å². The van der Waals surface area contributed by atoms with Crippen molar-refractivity contribution >= 4 is 21.8 Å². The minimum absolute atomic E-state index is 0.623. The highest BCUT2D eigenvalue weighted by atomic mass is 14.9. The molecule has 0 atom stereocenters. The summed E-state index contributed by atoms with van der Waals surface area (Å²) in [5.41, 5.74) is 12.1. The van der Waals surface area contributed by atoms with Gasteiger partial charge in [0.15, 0.2) is 5.82 Å². The minimum Gasteiger partial charge on any atom is -0.255 e. The largest absolute Gasteiger partial charge is 0.255 e. The third kappa shape index (κ3) is 5.57. The Balaban J connectivity index is 1.24. The van der Waals surface area contributed by atoms with Crippen molar-refractivity contribution < 1.29 is 0 Å². The first-order chi connectivity index (χ1) is 24.8. The Morgan fingerprint density at radius 2 is 0.920 bits per heavy atom. The van der Waals surface area contributed by atoms with E-state index in [1.54, 1.807) is 6.20 Å². The number of fused-ring (bicyclic) bond motifs is 3. The molecule has 0 amide bonds. The Bertz CT molecular complexity index is 2570. The predicted molar refractivity (Wildman–Crippen MR) is 203 cm³/mol. The number of pyridine rings is 3. The maximum absolute atomic E-state index is 5.35. The van der Waals surface area contributed by atoms with Crippen molar-refractivity contribution in [3.05, 3.63) is 176 Å². The zero-order valence-electron chi connectivity index (χ0n) is 27.0. The summed E-state index contributed by atoms with van der Waals surface area (Å²) in [6.45, 7) is 0. The van der Waals surface area contributed by atoms with Crippen LogP contribution in [0, 0.1) is 0 Å². The van der Waals surface area contributed by atoms with E-state index < -0.39 is 0 Å². The highest BCUT2D eigenvalue weighted by molar-refractivity contribution is 6.09. The third-order valence-corrected chi connectivity index (χ3v) is 8.93. The van der Waals surface area contributed by atoms with Crippen molar-refractivity contribution in [3.63, 3.8) is 0 Å². The van der Waals surface area contributed by atoms with Crippen LogP contribution < -0.4 is 0 Å². The molecule has 50 heavy (non-hydrogen) atoms. The van der Waals surface area contributed by atoms with Crippen molar-refractivity contribution in [1.29, 1.82) is 0 Å². The fourth-order valence-electron chi connectivity index (χ4n) is 6.44. The van der Waals surface area contributed by atoms with Crippen molar-refractivity contribution in [3.8, 4) is 67.7 Å². The molecular weight excluding hydrogens is 611 g/mol. The second-order valence-electron chi connectivity index (χ2n) is 12.1. The molecule has 0 spiro atoms. The Morgan fingerprint density at radius 3 is 1.66 bits per heavy atom. The van der Waals surface area contributed by atoms with Crippen LogP contribution in [-0.2, 0) is 0 Å². The van der Waals surface area contributed by atoms with Gasteiger partial charge >= 0.3 is 0 Å². The molecule has 0 saturated heterocycles. The lowest BCUT2D eigenvalue weighted by molar-refractivity contribution is 1.16. The number of benzene rings is 5. The Labute approximate surface area is 289 Å². The number of aromatic nitrogens is 5. The molecule has 0 aliphatic carbocycles. The van der Waals surface area contributed by atoms with E-state index in [0.717, 1.165) is 83.7 Å².